The molecule has 1 aliphatic heterocycles. The molecule has 0 radical (unpaired) electrons. The molecule has 0 bridgehead atoms. The summed E-state index contributed by atoms with van der Waals surface area (Å²) in [6, 6.07) is 14.0. The van der Waals surface area contributed by atoms with Crippen molar-refractivity contribution in [2.75, 3.05) is 32.0 Å². The topological polar surface area (TPSA) is 157 Å². The summed E-state index contributed by atoms with van der Waals surface area (Å²) in [6.07, 6.45) is -1.59. The zero-order valence-corrected chi connectivity index (χ0v) is 23.1. The summed E-state index contributed by atoms with van der Waals surface area (Å²) >= 11 is 0. The fourth-order valence-electron chi connectivity index (χ4n) is 4.10. The number of nitrogen functional groups attached to an aromatic ring is 1. The number of benzene rings is 2. The van der Waals surface area contributed by atoms with E-state index in [0.29, 0.717) is 18.7 Å². The molecule has 1 heterocycles. The number of alkyl carbamates (subject to hydrolysis) is 1. The normalized spacial score (nSPS) is 17.8. The van der Waals surface area contributed by atoms with Gasteiger partial charge < -0.3 is 20.5 Å². The quantitative estimate of drug-likeness (QED) is 0.244. The highest BCUT2D eigenvalue weighted by Crippen LogP contribution is 2.26. The lowest BCUT2D eigenvalue weighted by Crippen LogP contribution is -2.52. The van der Waals surface area contributed by atoms with Gasteiger partial charge in [-0.1, -0.05) is 44.2 Å². The SMILES string of the molecule is CC(C)CN(CC(O[P+](=O)O)[C@H](Cc1ccccc1)NC(=O)OC1CCOC1)S(=O)(=O)c1ccc(N)cc1. The van der Waals surface area contributed by atoms with Crippen LogP contribution in [0.15, 0.2) is 59.5 Å². The monoisotopic (exact) mass is 568 g/mol. The molecule has 11 nitrogen and oxygen atoms in total. The maximum absolute atomic E-state index is 13.6. The maximum atomic E-state index is 13.6. The Hall–Kier alpha value is -2.60. The molecule has 38 heavy (non-hydrogen) atoms. The van der Waals surface area contributed by atoms with Gasteiger partial charge in [0.25, 0.3) is 0 Å². The van der Waals surface area contributed by atoms with Crippen LogP contribution in [-0.2, 0) is 35.0 Å². The van der Waals surface area contributed by atoms with Crippen LogP contribution in [-0.4, -0.2) is 68.3 Å². The smallest absolute Gasteiger partial charge is 0.444 e. The van der Waals surface area contributed by atoms with E-state index < -0.39 is 42.6 Å². The first-order valence-electron chi connectivity index (χ1n) is 12.3. The number of carbonyl (C=O) groups excluding carboxylic acids is 1. The van der Waals surface area contributed by atoms with Crippen molar-refractivity contribution in [1.29, 1.82) is 0 Å². The molecule has 0 saturated carbocycles. The summed E-state index contributed by atoms with van der Waals surface area (Å²) in [6.45, 7) is 4.29. The molecular formula is C25H35N3O8PS+. The molecule has 2 aromatic carbocycles. The fraction of sp³-hybridized carbons (Fsp3) is 0.480. The molecule has 3 unspecified atom stereocenters. The number of rotatable bonds is 13. The molecule has 1 fully saturated rings. The summed E-state index contributed by atoms with van der Waals surface area (Å²) in [5.41, 5.74) is 6.95. The van der Waals surface area contributed by atoms with E-state index in [1.807, 2.05) is 44.2 Å². The van der Waals surface area contributed by atoms with Crippen LogP contribution in [0.3, 0.4) is 0 Å². The molecule has 1 amide bonds. The summed E-state index contributed by atoms with van der Waals surface area (Å²) in [7, 11) is -7.17. The second kappa shape index (κ2) is 14.0. The minimum atomic E-state index is -4.04. The third-order valence-corrected chi connectivity index (χ3v) is 8.20. The summed E-state index contributed by atoms with van der Waals surface area (Å²) in [5.74, 6) is -0.0741. The van der Waals surface area contributed by atoms with Crippen molar-refractivity contribution < 1.29 is 36.7 Å². The predicted molar refractivity (Wildman–Crippen MR) is 142 cm³/mol. The Labute approximate surface area is 224 Å². The van der Waals surface area contributed by atoms with Crippen LogP contribution >= 0.6 is 8.25 Å². The number of anilines is 1. The van der Waals surface area contributed by atoms with Crippen LogP contribution in [0.5, 0.6) is 0 Å². The second-order valence-electron chi connectivity index (χ2n) is 9.50. The number of nitrogens with zero attached hydrogens (tertiary/aromatic N) is 1. The summed E-state index contributed by atoms with van der Waals surface area (Å²) in [4.78, 5) is 22.5. The van der Waals surface area contributed by atoms with Gasteiger partial charge >= 0.3 is 14.3 Å². The maximum Gasteiger partial charge on any atom is 0.695 e. The number of hydrogen-bond acceptors (Lipinski definition) is 8. The van der Waals surface area contributed by atoms with Gasteiger partial charge in [0.05, 0.1) is 24.2 Å². The average molecular weight is 569 g/mol. The number of amides is 1. The number of nitrogens with two attached hydrogens (primary N) is 1. The number of ether oxygens (including phenoxy) is 2. The minimum Gasteiger partial charge on any atom is -0.444 e. The Balaban J connectivity index is 1.92. The van der Waals surface area contributed by atoms with Crippen LogP contribution in [0.25, 0.3) is 0 Å². The van der Waals surface area contributed by atoms with E-state index in [9.17, 15) is 22.7 Å². The van der Waals surface area contributed by atoms with Crippen molar-refractivity contribution in [3.8, 4) is 0 Å². The summed E-state index contributed by atoms with van der Waals surface area (Å²) in [5, 5.41) is 2.74. The van der Waals surface area contributed by atoms with Gasteiger partial charge in [-0.25, -0.2) is 13.2 Å². The van der Waals surface area contributed by atoms with Crippen molar-refractivity contribution in [2.45, 2.75) is 49.8 Å². The number of nitrogens with one attached hydrogen (secondary N) is 1. The number of carbonyl (C=O) groups is 1. The lowest BCUT2D eigenvalue weighted by atomic mass is 10.0. The molecule has 4 atom stereocenters. The molecule has 1 aliphatic rings. The van der Waals surface area contributed by atoms with E-state index in [4.69, 9.17) is 19.7 Å². The molecule has 0 spiro atoms. The van der Waals surface area contributed by atoms with Gasteiger partial charge in [-0.2, -0.15) is 4.31 Å². The zero-order chi connectivity index (χ0) is 27.7. The Morgan fingerprint density at radius 2 is 1.87 bits per heavy atom. The van der Waals surface area contributed by atoms with Gasteiger partial charge in [0, 0.05) is 29.8 Å². The largest absolute Gasteiger partial charge is 0.695 e. The van der Waals surface area contributed by atoms with E-state index in [2.05, 4.69) is 5.32 Å². The van der Waals surface area contributed by atoms with E-state index in [0.717, 1.165) is 5.56 Å². The van der Waals surface area contributed by atoms with E-state index >= 15 is 0 Å². The molecule has 1 saturated heterocycles. The molecule has 4 N–H and O–H groups in total. The molecule has 2 aromatic rings. The molecule has 13 heteroatoms. The first-order valence-corrected chi connectivity index (χ1v) is 14.9. The van der Waals surface area contributed by atoms with Crippen LogP contribution < -0.4 is 11.1 Å². The standard InChI is InChI=1S/C25H34N3O8PS/c1-18(2)15-28(38(32,33)22-10-8-20(26)9-11-22)16-24(36-37(30)31)23(14-19-6-4-3-5-7-19)27-25(29)35-21-12-13-34-17-21/h3-11,18,21,23-24H,12-17,26H2,1-2H3,(H-,27,29,30,31)/p+1/t21?,23-,24?/m0/s1. The van der Waals surface area contributed by atoms with E-state index in [-0.39, 0.29) is 36.9 Å². The van der Waals surface area contributed by atoms with Crippen molar-refractivity contribution in [1.82, 2.24) is 9.62 Å². The Bertz CT molecular complexity index is 1160. The summed E-state index contributed by atoms with van der Waals surface area (Å²) < 4.78 is 56.3. The Morgan fingerprint density at radius 1 is 1.18 bits per heavy atom. The highest BCUT2D eigenvalue weighted by Gasteiger charge is 2.38. The molecule has 0 aliphatic carbocycles. The van der Waals surface area contributed by atoms with E-state index in [1.54, 1.807) is 0 Å². The molecule has 0 aromatic heterocycles. The number of hydrogen-bond donors (Lipinski definition) is 3. The van der Waals surface area contributed by atoms with Gasteiger partial charge in [-0.15, -0.1) is 9.42 Å². The highest BCUT2D eigenvalue weighted by molar-refractivity contribution is 7.89. The predicted octanol–water partition coefficient (Wildman–Crippen LogP) is 3.08. The van der Waals surface area contributed by atoms with Crippen molar-refractivity contribution in [2.24, 2.45) is 5.92 Å². The lowest BCUT2D eigenvalue weighted by Gasteiger charge is -2.30. The van der Waals surface area contributed by atoms with Crippen LogP contribution in [0, 0.1) is 5.92 Å². The van der Waals surface area contributed by atoms with Crippen LogP contribution in [0.4, 0.5) is 10.5 Å². The van der Waals surface area contributed by atoms with Gasteiger partial charge in [-0.3, -0.25) is 0 Å². The zero-order valence-electron chi connectivity index (χ0n) is 21.4. The van der Waals surface area contributed by atoms with Crippen LogP contribution in [0.2, 0.25) is 0 Å². The van der Waals surface area contributed by atoms with Gasteiger partial charge in [-0.05, 0) is 42.2 Å². The first-order chi connectivity index (χ1) is 18.0. The average Bonchev–Trinajstić information content (AvgIpc) is 3.36. The van der Waals surface area contributed by atoms with Gasteiger partial charge in [0.15, 0.2) is 6.10 Å². The Morgan fingerprint density at radius 3 is 2.45 bits per heavy atom. The van der Waals surface area contributed by atoms with Crippen molar-refractivity contribution in [3.05, 3.63) is 60.2 Å². The van der Waals surface area contributed by atoms with Crippen molar-refractivity contribution in [3.63, 3.8) is 0 Å². The van der Waals surface area contributed by atoms with Crippen LogP contribution in [0.1, 0.15) is 25.8 Å². The Kier molecular flexibility index (Phi) is 11.0. The molecular weight excluding hydrogens is 533 g/mol. The minimum absolute atomic E-state index is 0.0210. The third-order valence-electron chi connectivity index (χ3n) is 5.91. The fourth-order valence-corrected chi connectivity index (χ4v) is 6.16. The van der Waals surface area contributed by atoms with Gasteiger partial charge in [0.1, 0.15) is 6.10 Å². The third kappa shape index (κ3) is 9.00. The highest BCUT2D eigenvalue weighted by atomic mass is 32.2. The molecule has 208 valence electrons. The second-order valence-corrected chi connectivity index (χ2v) is 12.1. The van der Waals surface area contributed by atoms with Gasteiger partial charge in [0.2, 0.25) is 10.0 Å². The van der Waals surface area contributed by atoms with Crippen molar-refractivity contribution >= 4 is 30.1 Å². The number of sulfonamides is 1. The van der Waals surface area contributed by atoms with E-state index in [1.165, 1.54) is 28.6 Å². The molecule has 3 rings (SSSR count). The first kappa shape index (κ1) is 29.9. The lowest BCUT2D eigenvalue weighted by molar-refractivity contribution is 0.0689.